The molecular weight excluding hydrogens is 421 g/mol. The number of phenolic OH excluding ortho intramolecular Hbond substituents is 1. The van der Waals surface area contributed by atoms with Crippen LogP contribution in [0.1, 0.15) is 11.1 Å². The van der Waals surface area contributed by atoms with Crippen molar-refractivity contribution < 1.29 is 74.0 Å². The minimum absolute atomic E-state index is 0. The Bertz CT molecular complexity index is 524. The zero-order chi connectivity index (χ0) is 13.4. The first-order chi connectivity index (χ1) is 9.15. The van der Waals surface area contributed by atoms with Crippen LogP contribution in [-0.4, -0.2) is 51.6 Å². The fourth-order valence-electron chi connectivity index (χ4n) is 2.48. The van der Waals surface area contributed by atoms with Crippen LogP contribution in [-0.2, 0) is 0 Å². The van der Waals surface area contributed by atoms with Crippen LogP contribution in [0.2, 0.25) is 0 Å². The molecule has 1 saturated heterocycles. The predicted octanol–water partition coefficient (Wildman–Crippen LogP) is 0.0216. The van der Waals surface area contributed by atoms with Crippen molar-refractivity contribution in [3.8, 4) is 5.75 Å². The van der Waals surface area contributed by atoms with E-state index < -0.39 is 0 Å². The van der Waals surface area contributed by atoms with Crippen molar-refractivity contribution >= 4 is 28.6 Å². The summed E-state index contributed by atoms with van der Waals surface area (Å²) >= 11 is 3.76. The predicted molar refractivity (Wildman–Crippen MR) is 90.9 cm³/mol. The molecule has 0 spiro atoms. The molecule has 1 aromatic carbocycles. The van der Waals surface area contributed by atoms with E-state index in [1.807, 2.05) is 30.8 Å². The van der Waals surface area contributed by atoms with Gasteiger partial charge in [0.05, 0.1) is 11.4 Å². The standard InChI is InChI=1S/C14H18N2OS2.CH3.Cs/c1-9-3-4-12(17)10(7-9)13-15-11(8-19-13)14-16(2)5-6-18-14;;/h3-4,7,11,14,17H,5-6,8H2,1-2H3;1H3;/q;-1;+1. The van der Waals surface area contributed by atoms with E-state index in [2.05, 4.69) is 11.9 Å². The summed E-state index contributed by atoms with van der Waals surface area (Å²) in [5, 5.41) is 11.5. The van der Waals surface area contributed by atoms with Gasteiger partial charge in [-0.1, -0.05) is 11.6 Å². The molecule has 21 heavy (non-hydrogen) atoms. The maximum Gasteiger partial charge on any atom is 1.00 e. The average Bonchev–Trinajstić information content (AvgIpc) is 3.00. The summed E-state index contributed by atoms with van der Waals surface area (Å²) in [4.78, 5) is 7.24. The number of aryl methyl sites for hydroxylation is 1. The van der Waals surface area contributed by atoms with Crippen LogP contribution in [0.15, 0.2) is 23.2 Å². The summed E-state index contributed by atoms with van der Waals surface area (Å²) in [5.74, 6) is 2.55. The first kappa shape index (κ1) is 20.4. The Kier molecular flexibility index (Phi) is 8.80. The van der Waals surface area contributed by atoms with Gasteiger partial charge in [-0.25, -0.2) is 0 Å². The van der Waals surface area contributed by atoms with Crippen molar-refractivity contribution in [3.63, 3.8) is 0 Å². The van der Waals surface area contributed by atoms with E-state index in [4.69, 9.17) is 4.99 Å². The van der Waals surface area contributed by atoms with Gasteiger partial charge in [-0.05, 0) is 26.1 Å². The number of hydrogen-bond donors (Lipinski definition) is 1. The quantitative estimate of drug-likeness (QED) is 0.656. The van der Waals surface area contributed by atoms with Gasteiger partial charge in [0.2, 0.25) is 0 Å². The van der Waals surface area contributed by atoms with Crippen LogP contribution in [0.25, 0.3) is 0 Å². The molecule has 0 radical (unpaired) electrons. The Labute approximate surface area is 195 Å². The number of phenols is 1. The number of hydrogen-bond acceptors (Lipinski definition) is 5. The fraction of sp³-hybridized carbons (Fsp3) is 0.467. The van der Waals surface area contributed by atoms with E-state index in [9.17, 15) is 5.11 Å². The van der Waals surface area contributed by atoms with E-state index in [1.165, 1.54) is 5.75 Å². The first-order valence-corrected chi connectivity index (χ1v) is 8.51. The summed E-state index contributed by atoms with van der Waals surface area (Å²) in [6, 6.07) is 6.06. The number of thioether (sulfide) groups is 2. The number of rotatable bonds is 2. The van der Waals surface area contributed by atoms with Gasteiger partial charge < -0.3 is 12.5 Å². The summed E-state index contributed by atoms with van der Waals surface area (Å²) in [5.41, 5.74) is 2.05. The molecule has 0 bridgehead atoms. The van der Waals surface area contributed by atoms with Gasteiger partial charge in [0.1, 0.15) is 10.8 Å². The maximum absolute atomic E-state index is 9.99. The Morgan fingerprint density at radius 3 is 2.81 bits per heavy atom. The summed E-state index contributed by atoms with van der Waals surface area (Å²) < 4.78 is 0. The van der Waals surface area contributed by atoms with Crippen molar-refractivity contribution in [3.05, 3.63) is 36.8 Å². The Morgan fingerprint density at radius 2 is 2.14 bits per heavy atom. The molecule has 2 aliphatic heterocycles. The van der Waals surface area contributed by atoms with Crippen molar-refractivity contribution in [1.29, 1.82) is 0 Å². The van der Waals surface area contributed by atoms with Crippen LogP contribution >= 0.6 is 23.5 Å². The van der Waals surface area contributed by atoms with Crippen LogP contribution in [0.4, 0.5) is 0 Å². The Balaban J connectivity index is 0.00000110. The zero-order valence-electron chi connectivity index (χ0n) is 13.2. The molecule has 0 aliphatic carbocycles. The molecule has 110 valence electrons. The van der Waals surface area contributed by atoms with Gasteiger partial charge in [0.15, 0.2) is 0 Å². The molecule has 1 N–H and O–H groups in total. The molecule has 1 aromatic rings. The largest absolute Gasteiger partial charge is 1.00 e. The second-order valence-corrected chi connectivity index (χ2v) is 7.31. The molecule has 0 saturated carbocycles. The van der Waals surface area contributed by atoms with Gasteiger partial charge in [-0.3, -0.25) is 9.89 Å². The number of benzene rings is 1. The van der Waals surface area contributed by atoms with Crippen LogP contribution in [0.5, 0.6) is 5.75 Å². The first-order valence-electron chi connectivity index (χ1n) is 6.47. The van der Waals surface area contributed by atoms with Crippen molar-refractivity contribution in [2.24, 2.45) is 4.99 Å². The molecule has 2 atom stereocenters. The van der Waals surface area contributed by atoms with Gasteiger partial charge in [-0.2, -0.15) is 0 Å². The average molecular weight is 442 g/mol. The van der Waals surface area contributed by atoms with Gasteiger partial charge in [0.25, 0.3) is 0 Å². The van der Waals surface area contributed by atoms with Gasteiger partial charge in [0, 0.05) is 23.6 Å². The summed E-state index contributed by atoms with van der Waals surface area (Å²) in [6.45, 7) is 3.19. The van der Waals surface area contributed by atoms with Gasteiger partial charge in [-0.15, -0.1) is 23.5 Å². The molecule has 2 heterocycles. The van der Waals surface area contributed by atoms with Crippen LogP contribution < -0.4 is 68.9 Å². The van der Waals surface area contributed by atoms with Crippen molar-refractivity contribution in [1.82, 2.24) is 4.90 Å². The van der Waals surface area contributed by atoms with Crippen molar-refractivity contribution in [2.45, 2.75) is 18.3 Å². The van der Waals surface area contributed by atoms with Crippen molar-refractivity contribution in [2.75, 3.05) is 25.1 Å². The summed E-state index contributed by atoms with van der Waals surface area (Å²) in [7, 11) is 2.17. The summed E-state index contributed by atoms with van der Waals surface area (Å²) in [6.07, 6.45) is 0. The van der Waals surface area contributed by atoms with Crippen LogP contribution in [0, 0.1) is 14.4 Å². The molecule has 3 rings (SSSR count). The van der Waals surface area contributed by atoms with Gasteiger partial charge >= 0.3 is 68.9 Å². The third kappa shape index (κ3) is 4.70. The molecule has 2 unspecified atom stereocenters. The van der Waals surface area contributed by atoms with Crippen LogP contribution in [0.3, 0.4) is 0 Å². The molecule has 3 nitrogen and oxygen atoms in total. The minimum atomic E-state index is 0. The fourth-order valence-corrected chi connectivity index (χ4v) is 5.09. The van der Waals surface area contributed by atoms with E-state index in [1.54, 1.807) is 17.8 Å². The second kappa shape index (κ2) is 9.03. The monoisotopic (exact) mass is 442 g/mol. The molecule has 2 aliphatic rings. The van der Waals surface area contributed by atoms with E-state index in [0.29, 0.717) is 17.2 Å². The molecule has 0 amide bonds. The zero-order valence-corrected chi connectivity index (χ0v) is 21.1. The smallest absolute Gasteiger partial charge is 0.507 e. The number of likely N-dealkylation sites (N-methyl/N-ethyl adjacent to an activating group) is 1. The molecular formula is C15H21CsN2OS2. The number of nitrogens with zero attached hydrogens (tertiary/aromatic N) is 2. The molecule has 6 heteroatoms. The van der Waals surface area contributed by atoms with E-state index >= 15 is 0 Å². The maximum atomic E-state index is 9.99. The van der Waals surface area contributed by atoms with E-state index in [0.717, 1.165) is 28.5 Å². The second-order valence-electron chi connectivity index (χ2n) is 5.08. The van der Waals surface area contributed by atoms with E-state index in [-0.39, 0.29) is 76.3 Å². The molecule has 1 fully saturated rings. The number of aromatic hydroxyl groups is 1. The number of aliphatic imine (C=N–C) groups is 1. The molecule has 0 aromatic heterocycles. The SMILES string of the molecule is Cc1ccc(O)c(C2=NC(C3SCCN3C)CS2)c1.[CH3-].[Cs+]. The Hall–Kier alpha value is 1.40. The normalized spacial score (nSPS) is 25.1. The third-order valence-corrected chi connectivity index (χ3v) is 6.09. The third-order valence-electron chi connectivity index (χ3n) is 3.55. The minimum Gasteiger partial charge on any atom is -0.507 e. The Morgan fingerprint density at radius 1 is 1.38 bits per heavy atom. The topological polar surface area (TPSA) is 35.8 Å².